The van der Waals surface area contributed by atoms with Gasteiger partial charge in [0.1, 0.15) is 0 Å². The second-order valence-corrected chi connectivity index (χ2v) is 3.52. The SMILES string of the molecule is ClCC1CCCO1.ClCC1CO1. The standard InChI is InChI=1S/C5H9ClO.C3H5ClO/c6-4-5-2-1-3-7-5;4-1-3-2-5-3/h5H,1-4H2;3H,1-2H2. The van der Waals surface area contributed by atoms with Crippen LogP contribution in [-0.2, 0) is 9.47 Å². The molecular weight excluding hydrogens is 199 g/mol. The monoisotopic (exact) mass is 212 g/mol. The molecule has 2 fully saturated rings. The molecule has 0 N–H and O–H groups in total. The van der Waals surface area contributed by atoms with E-state index in [0.29, 0.717) is 24.0 Å². The minimum absolute atomic E-state index is 0.363. The van der Waals surface area contributed by atoms with Gasteiger partial charge in [-0.3, -0.25) is 0 Å². The zero-order valence-corrected chi connectivity index (χ0v) is 8.48. The molecule has 0 amide bonds. The fourth-order valence-corrected chi connectivity index (χ4v) is 1.34. The maximum Gasteiger partial charge on any atom is 0.0944 e. The minimum atomic E-state index is 0.363. The average Bonchev–Trinajstić information content (AvgIpc) is 2.82. The Balaban J connectivity index is 0.000000127. The van der Waals surface area contributed by atoms with Crippen LogP contribution in [0.2, 0.25) is 0 Å². The molecule has 0 bridgehead atoms. The molecule has 12 heavy (non-hydrogen) atoms. The molecule has 2 atom stereocenters. The first-order chi connectivity index (χ1) is 5.86. The molecule has 0 radical (unpaired) electrons. The van der Waals surface area contributed by atoms with Gasteiger partial charge in [0, 0.05) is 12.5 Å². The van der Waals surface area contributed by atoms with E-state index in [2.05, 4.69) is 0 Å². The van der Waals surface area contributed by atoms with Crippen molar-refractivity contribution in [2.45, 2.75) is 25.0 Å². The highest BCUT2D eigenvalue weighted by Gasteiger charge is 2.19. The lowest BCUT2D eigenvalue weighted by Gasteiger charge is -1.99. The van der Waals surface area contributed by atoms with Gasteiger partial charge >= 0.3 is 0 Å². The number of rotatable bonds is 2. The van der Waals surface area contributed by atoms with E-state index in [0.717, 1.165) is 19.6 Å². The molecule has 2 unspecified atom stereocenters. The minimum Gasteiger partial charge on any atom is -0.377 e. The van der Waals surface area contributed by atoms with Gasteiger partial charge in [-0.15, -0.1) is 23.2 Å². The average molecular weight is 213 g/mol. The Morgan fingerprint density at radius 2 is 1.75 bits per heavy atom. The topological polar surface area (TPSA) is 21.8 Å². The molecule has 0 aromatic rings. The molecule has 2 nitrogen and oxygen atoms in total. The third-order valence-corrected chi connectivity index (χ3v) is 2.46. The first kappa shape index (κ1) is 10.6. The zero-order chi connectivity index (χ0) is 8.81. The summed E-state index contributed by atoms with van der Waals surface area (Å²) in [4.78, 5) is 0. The van der Waals surface area contributed by atoms with Gasteiger partial charge in [0.05, 0.1) is 24.7 Å². The second-order valence-electron chi connectivity index (χ2n) is 2.90. The molecule has 2 heterocycles. The first-order valence-corrected chi connectivity index (χ1v) is 5.29. The Morgan fingerprint density at radius 1 is 1.08 bits per heavy atom. The maximum atomic E-state index is 5.48. The number of halogens is 2. The molecule has 2 rings (SSSR count). The lowest BCUT2D eigenvalue weighted by atomic mass is 10.3. The summed E-state index contributed by atoms with van der Waals surface area (Å²) < 4.78 is 9.90. The summed E-state index contributed by atoms with van der Waals surface area (Å²) in [6, 6.07) is 0. The Labute approximate surface area is 83.1 Å². The van der Waals surface area contributed by atoms with Crippen molar-refractivity contribution in [2.75, 3.05) is 25.0 Å². The van der Waals surface area contributed by atoms with Crippen LogP contribution in [-0.4, -0.2) is 37.2 Å². The predicted octanol–water partition coefficient (Wildman–Crippen LogP) is 2.03. The van der Waals surface area contributed by atoms with E-state index >= 15 is 0 Å². The van der Waals surface area contributed by atoms with Crippen molar-refractivity contribution in [1.29, 1.82) is 0 Å². The van der Waals surface area contributed by atoms with E-state index in [1.54, 1.807) is 0 Å². The summed E-state index contributed by atoms with van der Waals surface area (Å²) in [6.07, 6.45) is 3.11. The summed E-state index contributed by atoms with van der Waals surface area (Å²) in [6.45, 7) is 1.79. The number of alkyl halides is 2. The van der Waals surface area contributed by atoms with Gasteiger partial charge in [0.15, 0.2) is 0 Å². The van der Waals surface area contributed by atoms with E-state index in [1.807, 2.05) is 0 Å². The van der Waals surface area contributed by atoms with E-state index in [-0.39, 0.29) is 0 Å². The zero-order valence-electron chi connectivity index (χ0n) is 6.97. The molecule has 2 saturated heterocycles. The molecule has 0 aromatic heterocycles. The summed E-state index contributed by atoms with van der Waals surface area (Å²) in [7, 11) is 0. The van der Waals surface area contributed by atoms with Crippen LogP contribution >= 0.6 is 23.2 Å². The lowest BCUT2D eigenvalue weighted by molar-refractivity contribution is 0.128. The highest BCUT2D eigenvalue weighted by atomic mass is 35.5. The highest BCUT2D eigenvalue weighted by molar-refractivity contribution is 6.18. The van der Waals surface area contributed by atoms with Crippen LogP contribution in [0.4, 0.5) is 0 Å². The Morgan fingerprint density at radius 3 is 1.92 bits per heavy atom. The molecular formula is C8H14Cl2O2. The molecule has 4 heteroatoms. The van der Waals surface area contributed by atoms with Crippen LogP contribution in [0.5, 0.6) is 0 Å². The fourth-order valence-electron chi connectivity index (χ4n) is 0.923. The predicted molar refractivity (Wildman–Crippen MR) is 50.2 cm³/mol. The van der Waals surface area contributed by atoms with Crippen LogP contribution in [0.1, 0.15) is 12.8 Å². The molecule has 0 aromatic carbocycles. The molecule has 0 spiro atoms. The van der Waals surface area contributed by atoms with Gasteiger partial charge in [0.25, 0.3) is 0 Å². The smallest absolute Gasteiger partial charge is 0.0944 e. The van der Waals surface area contributed by atoms with Gasteiger partial charge in [-0.05, 0) is 12.8 Å². The number of ether oxygens (including phenoxy) is 2. The van der Waals surface area contributed by atoms with Crippen molar-refractivity contribution >= 4 is 23.2 Å². The normalized spacial score (nSPS) is 32.5. The maximum absolute atomic E-state index is 5.48. The van der Waals surface area contributed by atoms with Crippen molar-refractivity contribution in [2.24, 2.45) is 0 Å². The summed E-state index contributed by atoms with van der Waals surface area (Å²) >= 11 is 10.8. The molecule has 0 saturated carbocycles. The number of epoxide rings is 1. The summed E-state index contributed by atoms with van der Waals surface area (Å²) in [5.41, 5.74) is 0. The van der Waals surface area contributed by atoms with Crippen LogP contribution in [0.15, 0.2) is 0 Å². The van der Waals surface area contributed by atoms with Crippen LogP contribution in [0, 0.1) is 0 Å². The quantitative estimate of drug-likeness (QED) is 0.517. The summed E-state index contributed by atoms with van der Waals surface area (Å²) in [5.74, 6) is 1.33. The molecule has 72 valence electrons. The van der Waals surface area contributed by atoms with Crippen LogP contribution in [0.3, 0.4) is 0 Å². The van der Waals surface area contributed by atoms with Crippen molar-refractivity contribution in [3.63, 3.8) is 0 Å². The van der Waals surface area contributed by atoms with E-state index in [9.17, 15) is 0 Å². The van der Waals surface area contributed by atoms with Crippen molar-refractivity contribution in [3.05, 3.63) is 0 Å². The molecule has 2 aliphatic heterocycles. The van der Waals surface area contributed by atoms with E-state index < -0.39 is 0 Å². The number of hydrogen-bond acceptors (Lipinski definition) is 2. The Hall–Kier alpha value is 0.500. The highest BCUT2D eigenvalue weighted by Crippen LogP contribution is 2.12. The lowest BCUT2D eigenvalue weighted by Crippen LogP contribution is -2.04. The van der Waals surface area contributed by atoms with Gasteiger partial charge in [-0.2, -0.15) is 0 Å². The molecule has 0 aliphatic carbocycles. The third kappa shape index (κ3) is 4.51. The Kier molecular flexibility index (Phi) is 5.32. The first-order valence-electron chi connectivity index (χ1n) is 4.22. The largest absolute Gasteiger partial charge is 0.377 e. The second kappa shape index (κ2) is 6.03. The van der Waals surface area contributed by atoms with Gasteiger partial charge in [-0.25, -0.2) is 0 Å². The van der Waals surface area contributed by atoms with Crippen LogP contribution in [0.25, 0.3) is 0 Å². The number of hydrogen-bond donors (Lipinski definition) is 0. The van der Waals surface area contributed by atoms with Crippen LogP contribution < -0.4 is 0 Å². The van der Waals surface area contributed by atoms with Crippen molar-refractivity contribution < 1.29 is 9.47 Å². The molecule has 2 aliphatic rings. The van der Waals surface area contributed by atoms with Gasteiger partial charge < -0.3 is 9.47 Å². The summed E-state index contributed by atoms with van der Waals surface area (Å²) in [5, 5.41) is 0. The van der Waals surface area contributed by atoms with Gasteiger partial charge in [-0.1, -0.05) is 0 Å². The van der Waals surface area contributed by atoms with Crippen molar-refractivity contribution in [3.8, 4) is 0 Å². The van der Waals surface area contributed by atoms with Gasteiger partial charge in [0.2, 0.25) is 0 Å². The Bertz CT molecular complexity index is 112. The van der Waals surface area contributed by atoms with Crippen molar-refractivity contribution in [1.82, 2.24) is 0 Å². The third-order valence-electron chi connectivity index (χ3n) is 1.77. The van der Waals surface area contributed by atoms with E-state index in [4.69, 9.17) is 32.7 Å². The van der Waals surface area contributed by atoms with E-state index in [1.165, 1.54) is 6.42 Å². The fraction of sp³-hybridized carbons (Fsp3) is 1.00.